The molecule has 0 saturated carbocycles. The van der Waals surface area contributed by atoms with E-state index in [9.17, 15) is 13.2 Å². The van der Waals surface area contributed by atoms with Gasteiger partial charge in [0, 0.05) is 59.6 Å². The summed E-state index contributed by atoms with van der Waals surface area (Å²) in [6.45, 7) is 4.97. The fourth-order valence-electron chi connectivity index (χ4n) is 3.49. The minimum Gasteiger partial charge on any atom is -0.354 e. The van der Waals surface area contributed by atoms with Crippen LogP contribution in [0.3, 0.4) is 0 Å². The zero-order valence-electron chi connectivity index (χ0n) is 18.6. The summed E-state index contributed by atoms with van der Waals surface area (Å²) in [5, 5.41) is 3.32. The second-order valence-electron chi connectivity index (χ2n) is 7.76. The van der Waals surface area contributed by atoms with Crippen LogP contribution in [0, 0.1) is 0 Å². The maximum atomic E-state index is 12.7. The first-order valence-electron chi connectivity index (χ1n) is 10.2. The van der Waals surface area contributed by atoms with Gasteiger partial charge in [-0.05, 0) is 42.4 Å². The Balaban J connectivity index is 0.00000363. The Hall–Kier alpha value is -2.08. The van der Waals surface area contributed by atoms with Crippen LogP contribution in [-0.2, 0) is 19.3 Å². The molecule has 0 radical (unpaired) electrons. The predicted molar refractivity (Wildman–Crippen MR) is 132 cm³/mol. The maximum Gasteiger partial charge on any atom is 0.416 e. The molecule has 10 heteroatoms. The predicted octanol–water partition coefficient (Wildman–Crippen LogP) is 3.68. The minimum absolute atomic E-state index is 0. The van der Waals surface area contributed by atoms with Crippen LogP contribution in [0.25, 0.3) is 0 Å². The van der Waals surface area contributed by atoms with Gasteiger partial charge in [0.15, 0.2) is 5.96 Å². The van der Waals surface area contributed by atoms with Crippen LogP contribution in [-0.4, -0.2) is 68.1 Å². The Morgan fingerprint density at radius 3 is 2.34 bits per heavy atom. The van der Waals surface area contributed by atoms with E-state index in [1.165, 1.54) is 12.1 Å². The van der Waals surface area contributed by atoms with Crippen LogP contribution in [0.2, 0.25) is 0 Å². The van der Waals surface area contributed by atoms with Crippen LogP contribution in [0.5, 0.6) is 0 Å². The summed E-state index contributed by atoms with van der Waals surface area (Å²) < 4.78 is 38.2. The van der Waals surface area contributed by atoms with Crippen molar-refractivity contribution in [3.8, 4) is 0 Å². The number of nitrogens with one attached hydrogen (secondary N) is 1. The zero-order chi connectivity index (χ0) is 22.4. The third kappa shape index (κ3) is 7.22. The molecular formula is C22H30F3IN6. The third-order valence-corrected chi connectivity index (χ3v) is 5.36. The number of pyridine rings is 1. The number of guanidine groups is 1. The smallest absolute Gasteiger partial charge is 0.354 e. The molecular weight excluding hydrogens is 532 g/mol. The van der Waals surface area contributed by atoms with Crippen molar-refractivity contribution in [2.75, 3.05) is 52.2 Å². The molecule has 32 heavy (non-hydrogen) atoms. The molecule has 2 heterocycles. The summed E-state index contributed by atoms with van der Waals surface area (Å²) in [6.07, 6.45) is -2.51. The average molecular weight is 562 g/mol. The highest BCUT2D eigenvalue weighted by Crippen LogP contribution is 2.29. The SMILES string of the molecule is CN=C(NCc1ccnc(N2CCN(C)CC2)c1)N(C)Cc1ccc(C(F)(F)F)cc1.I. The van der Waals surface area contributed by atoms with Crippen molar-refractivity contribution >= 4 is 35.8 Å². The number of halogens is 4. The van der Waals surface area contributed by atoms with Gasteiger partial charge in [0.05, 0.1) is 5.56 Å². The molecule has 2 aromatic rings. The molecule has 1 aliphatic heterocycles. The van der Waals surface area contributed by atoms with Crippen LogP contribution in [0.1, 0.15) is 16.7 Å². The molecule has 0 amide bonds. The molecule has 1 aromatic carbocycles. The summed E-state index contributed by atoms with van der Waals surface area (Å²) in [6, 6.07) is 9.26. The van der Waals surface area contributed by atoms with Crippen molar-refractivity contribution in [3.63, 3.8) is 0 Å². The summed E-state index contributed by atoms with van der Waals surface area (Å²) in [5.74, 6) is 1.64. The van der Waals surface area contributed by atoms with Crippen LogP contribution < -0.4 is 10.2 Å². The highest BCUT2D eigenvalue weighted by atomic mass is 127. The zero-order valence-corrected chi connectivity index (χ0v) is 20.9. The highest BCUT2D eigenvalue weighted by Gasteiger charge is 2.30. The lowest BCUT2D eigenvalue weighted by molar-refractivity contribution is -0.137. The molecule has 0 aliphatic carbocycles. The Morgan fingerprint density at radius 1 is 1.09 bits per heavy atom. The van der Waals surface area contributed by atoms with Crippen LogP contribution in [0.15, 0.2) is 47.6 Å². The van der Waals surface area contributed by atoms with E-state index < -0.39 is 11.7 Å². The van der Waals surface area contributed by atoms with E-state index in [1.807, 2.05) is 24.2 Å². The van der Waals surface area contributed by atoms with E-state index >= 15 is 0 Å². The van der Waals surface area contributed by atoms with Crippen molar-refractivity contribution < 1.29 is 13.2 Å². The van der Waals surface area contributed by atoms with E-state index in [2.05, 4.69) is 38.2 Å². The Kier molecular flexibility index (Phi) is 9.56. The number of hydrogen-bond donors (Lipinski definition) is 1. The summed E-state index contributed by atoms with van der Waals surface area (Å²) >= 11 is 0. The van der Waals surface area contributed by atoms with Crippen molar-refractivity contribution in [2.24, 2.45) is 4.99 Å². The number of aromatic nitrogens is 1. The van der Waals surface area contributed by atoms with Gasteiger partial charge < -0.3 is 20.0 Å². The molecule has 1 aliphatic rings. The van der Waals surface area contributed by atoms with Gasteiger partial charge in [0.2, 0.25) is 0 Å². The summed E-state index contributed by atoms with van der Waals surface area (Å²) in [4.78, 5) is 15.3. The number of aliphatic imine (C=N–C) groups is 1. The van der Waals surface area contributed by atoms with Gasteiger partial charge in [-0.2, -0.15) is 13.2 Å². The fourth-order valence-corrected chi connectivity index (χ4v) is 3.49. The second-order valence-corrected chi connectivity index (χ2v) is 7.76. The van der Waals surface area contributed by atoms with Gasteiger partial charge >= 0.3 is 6.18 Å². The van der Waals surface area contributed by atoms with Gasteiger partial charge in [-0.1, -0.05) is 12.1 Å². The fraction of sp³-hybridized carbons (Fsp3) is 0.455. The van der Waals surface area contributed by atoms with Gasteiger partial charge in [0.25, 0.3) is 0 Å². The summed E-state index contributed by atoms with van der Waals surface area (Å²) in [7, 11) is 5.67. The highest BCUT2D eigenvalue weighted by molar-refractivity contribution is 14.0. The first kappa shape index (κ1) is 26.2. The molecule has 1 aromatic heterocycles. The minimum atomic E-state index is -4.32. The van der Waals surface area contributed by atoms with E-state index in [4.69, 9.17) is 0 Å². The Labute approximate surface area is 204 Å². The van der Waals surface area contributed by atoms with Crippen LogP contribution >= 0.6 is 24.0 Å². The molecule has 1 fully saturated rings. The lowest BCUT2D eigenvalue weighted by atomic mass is 10.1. The van der Waals surface area contributed by atoms with Gasteiger partial charge in [-0.25, -0.2) is 4.98 Å². The number of hydrogen-bond acceptors (Lipinski definition) is 4. The number of rotatable bonds is 5. The number of benzene rings is 1. The lowest BCUT2D eigenvalue weighted by Gasteiger charge is -2.33. The molecule has 176 valence electrons. The van der Waals surface area contributed by atoms with Crippen molar-refractivity contribution in [1.29, 1.82) is 0 Å². The molecule has 1 saturated heterocycles. The van der Waals surface area contributed by atoms with E-state index in [0.29, 0.717) is 19.0 Å². The standard InChI is InChI=1S/C22H29F3N6.HI/c1-26-21(30(3)16-17-4-6-19(7-5-17)22(23,24)25)28-15-18-8-9-27-20(14-18)31-12-10-29(2)11-13-31;/h4-9,14H,10-13,15-16H2,1-3H3,(H,26,28);1H. The molecule has 1 N–H and O–H groups in total. The quantitative estimate of drug-likeness (QED) is 0.343. The Morgan fingerprint density at radius 2 is 1.75 bits per heavy atom. The van der Waals surface area contributed by atoms with Crippen LogP contribution in [0.4, 0.5) is 19.0 Å². The topological polar surface area (TPSA) is 47.0 Å². The number of piperazine rings is 1. The van der Waals surface area contributed by atoms with Gasteiger partial charge in [-0.15, -0.1) is 24.0 Å². The number of nitrogens with zero attached hydrogens (tertiary/aromatic N) is 5. The molecule has 0 atom stereocenters. The summed E-state index contributed by atoms with van der Waals surface area (Å²) in [5.41, 5.74) is 1.22. The monoisotopic (exact) mass is 562 g/mol. The van der Waals surface area contributed by atoms with E-state index in [1.54, 1.807) is 7.05 Å². The number of anilines is 1. The van der Waals surface area contributed by atoms with Crippen molar-refractivity contribution in [2.45, 2.75) is 19.3 Å². The number of likely N-dealkylation sites (N-methyl/N-ethyl adjacent to an activating group) is 1. The second kappa shape index (κ2) is 11.7. The third-order valence-electron chi connectivity index (χ3n) is 5.36. The van der Waals surface area contributed by atoms with Crippen molar-refractivity contribution in [3.05, 3.63) is 59.3 Å². The molecule has 0 spiro atoms. The first-order valence-corrected chi connectivity index (χ1v) is 10.2. The Bertz CT molecular complexity index is 880. The normalized spacial score (nSPS) is 15.3. The molecule has 3 rings (SSSR count). The molecule has 0 bridgehead atoms. The molecule has 0 unspecified atom stereocenters. The lowest BCUT2D eigenvalue weighted by Crippen LogP contribution is -2.44. The van der Waals surface area contributed by atoms with Crippen molar-refractivity contribution in [1.82, 2.24) is 20.1 Å². The maximum absolute atomic E-state index is 12.7. The largest absolute Gasteiger partial charge is 0.416 e. The van der Waals surface area contributed by atoms with Gasteiger partial charge in [-0.3, -0.25) is 4.99 Å². The van der Waals surface area contributed by atoms with E-state index in [-0.39, 0.29) is 24.0 Å². The average Bonchev–Trinajstić information content (AvgIpc) is 2.74. The molecule has 6 nitrogen and oxygen atoms in total. The first-order chi connectivity index (χ1) is 14.8. The van der Waals surface area contributed by atoms with E-state index in [0.717, 1.165) is 55.3 Å². The van der Waals surface area contributed by atoms with Gasteiger partial charge in [0.1, 0.15) is 5.82 Å². The number of alkyl halides is 3.